The molecule has 12 heteroatoms. The molecular formula is C22H14Cl2F4N2O3S. The lowest BCUT2D eigenvalue weighted by Gasteiger charge is -2.29. The van der Waals surface area contributed by atoms with Crippen LogP contribution in [0.2, 0.25) is 10.0 Å². The topological polar surface area (TPSA) is 63.8 Å². The summed E-state index contributed by atoms with van der Waals surface area (Å²) in [5.41, 5.74) is -2.63. The number of fused-ring (bicyclic) bond motifs is 1. The van der Waals surface area contributed by atoms with Crippen LogP contribution in [0.1, 0.15) is 27.9 Å². The number of amides is 1. The summed E-state index contributed by atoms with van der Waals surface area (Å²) in [5, 5.41) is 5.90. The van der Waals surface area contributed by atoms with Crippen LogP contribution in [0.25, 0.3) is 11.0 Å². The van der Waals surface area contributed by atoms with E-state index in [1.54, 1.807) is 17.8 Å². The molecule has 0 spiro atoms. The number of oxime groups is 1. The van der Waals surface area contributed by atoms with Crippen molar-refractivity contribution in [1.29, 1.82) is 0 Å². The van der Waals surface area contributed by atoms with Crippen LogP contribution < -0.4 is 5.32 Å². The van der Waals surface area contributed by atoms with Gasteiger partial charge in [-0.15, -0.1) is 0 Å². The molecule has 0 aliphatic carbocycles. The third kappa shape index (κ3) is 3.72. The minimum Gasteiger partial charge on any atom is -0.463 e. The second-order valence-corrected chi connectivity index (χ2v) is 9.81. The summed E-state index contributed by atoms with van der Waals surface area (Å²) in [5.74, 6) is 0.270. The molecule has 1 fully saturated rings. The first-order valence-electron chi connectivity index (χ1n) is 9.97. The van der Waals surface area contributed by atoms with Gasteiger partial charge in [-0.05, 0) is 24.3 Å². The maximum absolute atomic E-state index is 14.3. The Morgan fingerprint density at radius 3 is 2.50 bits per heavy atom. The van der Waals surface area contributed by atoms with Gasteiger partial charge in [0.2, 0.25) is 0 Å². The summed E-state index contributed by atoms with van der Waals surface area (Å²) in [6.07, 6.45) is -4.31. The zero-order valence-electron chi connectivity index (χ0n) is 17.0. The Morgan fingerprint density at radius 2 is 1.88 bits per heavy atom. The van der Waals surface area contributed by atoms with E-state index in [2.05, 4.69) is 10.5 Å². The number of carbonyl (C=O) groups excluding carboxylic acids is 1. The van der Waals surface area contributed by atoms with Crippen molar-refractivity contribution < 1.29 is 31.6 Å². The van der Waals surface area contributed by atoms with E-state index in [1.807, 2.05) is 0 Å². The van der Waals surface area contributed by atoms with Gasteiger partial charge in [-0.25, -0.2) is 4.39 Å². The monoisotopic (exact) mass is 532 g/mol. The summed E-state index contributed by atoms with van der Waals surface area (Å²) >= 11 is 13.2. The van der Waals surface area contributed by atoms with Crippen LogP contribution in [0.15, 0.2) is 46.2 Å². The first-order chi connectivity index (χ1) is 16.1. The van der Waals surface area contributed by atoms with Crippen molar-refractivity contribution in [3.63, 3.8) is 0 Å². The minimum atomic E-state index is -4.93. The zero-order valence-corrected chi connectivity index (χ0v) is 19.3. The number of thioether (sulfide) groups is 1. The molecule has 1 unspecified atom stereocenters. The molecule has 0 bridgehead atoms. The molecule has 3 aromatic rings. The van der Waals surface area contributed by atoms with Crippen LogP contribution in [0.5, 0.6) is 0 Å². The van der Waals surface area contributed by atoms with Gasteiger partial charge in [0.15, 0.2) is 5.82 Å². The molecule has 1 N–H and O–H groups in total. The predicted octanol–water partition coefficient (Wildman–Crippen LogP) is 6.31. The van der Waals surface area contributed by atoms with Crippen molar-refractivity contribution in [3.05, 3.63) is 69.1 Å². The number of nitrogens with zero attached hydrogens (tertiary/aromatic N) is 1. The van der Waals surface area contributed by atoms with E-state index in [4.69, 9.17) is 32.5 Å². The van der Waals surface area contributed by atoms with E-state index in [0.29, 0.717) is 10.9 Å². The zero-order chi connectivity index (χ0) is 24.3. The fraction of sp³-hybridized carbons (Fsp3) is 0.273. The highest BCUT2D eigenvalue weighted by Gasteiger charge is 2.62. The number of halogens is 6. The lowest BCUT2D eigenvalue weighted by molar-refractivity contribution is -0.275. The molecule has 2 aliphatic rings. The van der Waals surface area contributed by atoms with Gasteiger partial charge in [0.05, 0.1) is 27.6 Å². The molecule has 5 rings (SSSR count). The van der Waals surface area contributed by atoms with Crippen molar-refractivity contribution in [3.8, 4) is 0 Å². The van der Waals surface area contributed by atoms with Crippen molar-refractivity contribution in [2.45, 2.75) is 24.2 Å². The second-order valence-electron chi connectivity index (χ2n) is 7.92. The van der Waals surface area contributed by atoms with Gasteiger partial charge in [0.1, 0.15) is 5.58 Å². The number of nitrogens with one attached hydrogen (secondary N) is 1. The highest BCUT2D eigenvalue weighted by molar-refractivity contribution is 8.00. The van der Waals surface area contributed by atoms with E-state index in [1.165, 1.54) is 18.4 Å². The molecule has 2 aromatic carbocycles. The van der Waals surface area contributed by atoms with E-state index >= 15 is 0 Å². The Kier molecular flexibility index (Phi) is 5.73. The Balaban J connectivity index is 1.52. The Labute approximate surface area is 204 Å². The van der Waals surface area contributed by atoms with E-state index in [-0.39, 0.29) is 28.8 Å². The first kappa shape index (κ1) is 23.3. The highest BCUT2D eigenvalue weighted by atomic mass is 35.5. The van der Waals surface area contributed by atoms with Crippen LogP contribution in [-0.4, -0.2) is 35.3 Å². The SMILES string of the molecule is O=C(NC1CSC1)c1ccc(C2=NOC(c3cc(Cl)c(F)c(Cl)c3)(C(F)(F)F)C2)c2ccoc12. The van der Waals surface area contributed by atoms with Gasteiger partial charge in [0, 0.05) is 40.5 Å². The lowest BCUT2D eigenvalue weighted by Crippen LogP contribution is -2.43. The number of benzene rings is 2. The summed E-state index contributed by atoms with van der Waals surface area (Å²) in [4.78, 5) is 17.7. The molecule has 1 saturated heterocycles. The van der Waals surface area contributed by atoms with Gasteiger partial charge in [-0.3, -0.25) is 4.79 Å². The normalized spacial score (nSPS) is 20.7. The summed E-state index contributed by atoms with van der Waals surface area (Å²) in [6, 6.07) is 6.24. The average Bonchev–Trinajstić information content (AvgIpc) is 3.41. The second kappa shape index (κ2) is 8.35. The van der Waals surface area contributed by atoms with Gasteiger partial charge in [-0.2, -0.15) is 24.9 Å². The van der Waals surface area contributed by atoms with E-state index in [0.717, 1.165) is 23.6 Å². The Hall–Kier alpha value is -2.43. The molecule has 0 saturated carbocycles. The summed E-state index contributed by atoms with van der Waals surface area (Å²) < 4.78 is 62.2. The Morgan fingerprint density at radius 1 is 1.18 bits per heavy atom. The van der Waals surface area contributed by atoms with Crippen LogP contribution in [0.3, 0.4) is 0 Å². The van der Waals surface area contributed by atoms with Gasteiger partial charge in [0.25, 0.3) is 11.5 Å². The number of alkyl halides is 3. The quantitative estimate of drug-likeness (QED) is 0.316. The van der Waals surface area contributed by atoms with Crippen LogP contribution in [0, 0.1) is 5.82 Å². The maximum atomic E-state index is 14.3. The molecule has 3 heterocycles. The lowest BCUT2D eigenvalue weighted by atomic mass is 9.86. The number of carbonyl (C=O) groups is 1. The average molecular weight is 533 g/mol. The third-order valence-electron chi connectivity index (χ3n) is 5.78. The molecule has 2 aliphatic heterocycles. The molecule has 1 amide bonds. The first-order valence-corrected chi connectivity index (χ1v) is 11.9. The smallest absolute Gasteiger partial charge is 0.435 e. The maximum Gasteiger partial charge on any atom is 0.435 e. The molecule has 178 valence electrons. The number of hydrogen-bond acceptors (Lipinski definition) is 5. The third-order valence-corrected chi connectivity index (χ3v) is 7.61. The van der Waals surface area contributed by atoms with Crippen molar-refractivity contribution in [2.75, 3.05) is 11.5 Å². The fourth-order valence-electron chi connectivity index (χ4n) is 3.91. The number of hydrogen-bond donors (Lipinski definition) is 1. The molecule has 1 aromatic heterocycles. The molecular weight excluding hydrogens is 519 g/mol. The summed E-state index contributed by atoms with van der Waals surface area (Å²) in [6.45, 7) is 0. The van der Waals surface area contributed by atoms with Gasteiger partial charge >= 0.3 is 6.18 Å². The minimum absolute atomic E-state index is 0.0253. The Bertz CT molecular complexity index is 1320. The van der Waals surface area contributed by atoms with E-state index < -0.39 is 39.6 Å². The number of rotatable bonds is 4. The largest absolute Gasteiger partial charge is 0.463 e. The van der Waals surface area contributed by atoms with Gasteiger partial charge < -0.3 is 14.6 Å². The van der Waals surface area contributed by atoms with Crippen LogP contribution >= 0.6 is 35.0 Å². The molecule has 1 atom stereocenters. The van der Waals surface area contributed by atoms with Crippen molar-refractivity contribution in [1.82, 2.24) is 5.32 Å². The van der Waals surface area contributed by atoms with Crippen molar-refractivity contribution >= 4 is 57.6 Å². The summed E-state index contributed by atoms with van der Waals surface area (Å²) in [7, 11) is 0. The van der Waals surface area contributed by atoms with Crippen LogP contribution in [0.4, 0.5) is 17.6 Å². The van der Waals surface area contributed by atoms with Crippen molar-refractivity contribution in [2.24, 2.45) is 5.16 Å². The van der Waals surface area contributed by atoms with Crippen LogP contribution in [-0.2, 0) is 10.4 Å². The molecule has 0 radical (unpaired) electrons. The predicted molar refractivity (Wildman–Crippen MR) is 121 cm³/mol. The highest BCUT2D eigenvalue weighted by Crippen LogP contribution is 2.50. The fourth-order valence-corrected chi connectivity index (χ4v) is 5.04. The standard InChI is InChI=1S/C22H14Cl2F4N2O3S/c23-15-5-10(6-16(24)18(15)25)21(22(26,27)28)7-17(30-33-21)12-1-2-14(19-13(12)3-4-32-19)20(31)29-11-8-34-9-11/h1-6,11H,7-9H2,(H,29,31). The number of furan rings is 1. The van der Waals surface area contributed by atoms with E-state index in [9.17, 15) is 22.4 Å². The molecule has 5 nitrogen and oxygen atoms in total. The molecule has 34 heavy (non-hydrogen) atoms. The van der Waals surface area contributed by atoms with Gasteiger partial charge in [-0.1, -0.05) is 34.4 Å².